The zero-order valence-electron chi connectivity index (χ0n) is 8.68. The van der Waals surface area contributed by atoms with E-state index in [1.807, 2.05) is 6.92 Å². The van der Waals surface area contributed by atoms with Gasteiger partial charge in [0.2, 0.25) is 0 Å². The molecule has 0 aromatic carbocycles. The lowest BCUT2D eigenvalue weighted by Crippen LogP contribution is -2.05. The topological polar surface area (TPSA) is 26.3 Å². The molecule has 0 radical (unpaired) electrons. The maximum absolute atomic E-state index is 14.0. The van der Waals surface area contributed by atoms with E-state index in [-0.39, 0.29) is 4.88 Å². The summed E-state index contributed by atoms with van der Waals surface area (Å²) in [7, 11) is 0. The van der Waals surface area contributed by atoms with E-state index in [0.29, 0.717) is 15.8 Å². The number of carbonyl (C=O) groups is 1. The second-order valence-electron chi connectivity index (χ2n) is 3.23. The second kappa shape index (κ2) is 5.34. The molecular weight excluding hydrogens is 395 g/mol. The van der Waals surface area contributed by atoms with E-state index < -0.39 is 11.8 Å². The molecular formula is C10H7Br2FO2S2. The van der Waals surface area contributed by atoms with Crippen LogP contribution in [0.5, 0.6) is 0 Å². The lowest BCUT2D eigenvalue weighted by Gasteiger charge is -1.99. The summed E-state index contributed by atoms with van der Waals surface area (Å²) >= 11 is 9.14. The molecule has 92 valence electrons. The summed E-state index contributed by atoms with van der Waals surface area (Å²) in [5.74, 6) is -1.09. The molecule has 2 heterocycles. The van der Waals surface area contributed by atoms with Gasteiger partial charge in [-0.1, -0.05) is 6.92 Å². The molecule has 0 bridgehead atoms. The number of rotatable bonds is 3. The smallest absolute Gasteiger partial charge is 0.351 e. The minimum atomic E-state index is -0.589. The van der Waals surface area contributed by atoms with E-state index in [1.54, 1.807) is 0 Å². The zero-order chi connectivity index (χ0) is 12.6. The molecule has 0 aliphatic heterocycles. The third kappa shape index (κ3) is 2.43. The van der Waals surface area contributed by atoms with Crippen LogP contribution >= 0.6 is 54.5 Å². The van der Waals surface area contributed by atoms with Crippen LogP contribution in [0, 0.1) is 5.82 Å². The van der Waals surface area contributed by atoms with E-state index >= 15 is 0 Å². The van der Waals surface area contributed by atoms with Crippen LogP contribution in [-0.2, 0) is 4.74 Å². The summed E-state index contributed by atoms with van der Waals surface area (Å²) in [6.45, 7) is 2.20. The first-order chi connectivity index (χ1) is 8.06. The van der Waals surface area contributed by atoms with Crippen molar-refractivity contribution in [3.8, 4) is 0 Å². The highest BCUT2D eigenvalue weighted by atomic mass is 79.9. The standard InChI is InChI=1S/C10H7Br2FO2S2/c1-2-3-15-10(14)7-5(13)4-6(16-7)9(12)17-8(4)11/h2-3H2,1H3. The Hall–Kier alpha value is 0.0200. The Kier molecular flexibility index (Phi) is 4.22. The fourth-order valence-corrected chi connectivity index (χ4v) is 5.73. The second-order valence-corrected chi connectivity index (χ2v) is 7.91. The van der Waals surface area contributed by atoms with Crippen molar-refractivity contribution in [3.63, 3.8) is 0 Å². The molecule has 0 N–H and O–H groups in total. The maximum Gasteiger partial charge on any atom is 0.351 e. The van der Waals surface area contributed by atoms with Gasteiger partial charge in [-0.2, -0.15) is 0 Å². The third-order valence-corrected chi connectivity index (χ3v) is 6.11. The number of hydrogen-bond acceptors (Lipinski definition) is 4. The first-order valence-corrected chi connectivity index (χ1v) is 8.01. The largest absolute Gasteiger partial charge is 0.461 e. The molecule has 2 aromatic heterocycles. The lowest BCUT2D eigenvalue weighted by molar-refractivity contribution is 0.0506. The molecule has 17 heavy (non-hydrogen) atoms. The lowest BCUT2D eigenvalue weighted by atomic mass is 10.3. The summed E-state index contributed by atoms with van der Waals surface area (Å²) in [6.07, 6.45) is 0.722. The van der Waals surface area contributed by atoms with Crippen molar-refractivity contribution >= 4 is 70.6 Å². The predicted octanol–water partition coefficient (Wildman–Crippen LogP) is 5.19. The molecule has 0 atom stereocenters. The van der Waals surface area contributed by atoms with E-state index in [4.69, 9.17) is 4.74 Å². The van der Waals surface area contributed by atoms with Gasteiger partial charge in [-0.25, -0.2) is 9.18 Å². The molecule has 0 aliphatic rings. The Labute approximate surface area is 122 Å². The Bertz CT molecular complexity index is 576. The maximum atomic E-state index is 14.0. The first kappa shape index (κ1) is 13.5. The number of halogens is 3. The predicted molar refractivity (Wildman–Crippen MR) is 75.6 cm³/mol. The summed E-state index contributed by atoms with van der Waals surface area (Å²) in [5, 5.41) is 0.454. The van der Waals surface area contributed by atoms with Crippen molar-refractivity contribution in [2.75, 3.05) is 6.61 Å². The minimum absolute atomic E-state index is 0.0395. The van der Waals surface area contributed by atoms with Crippen molar-refractivity contribution in [1.82, 2.24) is 0 Å². The van der Waals surface area contributed by atoms with Crippen molar-refractivity contribution in [1.29, 1.82) is 0 Å². The molecule has 2 aromatic rings. The quantitative estimate of drug-likeness (QED) is 0.661. The van der Waals surface area contributed by atoms with Crippen LogP contribution in [-0.4, -0.2) is 12.6 Å². The number of thiophene rings is 2. The van der Waals surface area contributed by atoms with Crippen LogP contribution in [0.25, 0.3) is 10.1 Å². The summed E-state index contributed by atoms with van der Waals surface area (Å²) < 4.78 is 21.2. The van der Waals surface area contributed by atoms with Crippen LogP contribution in [0.3, 0.4) is 0 Å². The van der Waals surface area contributed by atoms with E-state index in [2.05, 4.69) is 31.9 Å². The highest BCUT2D eigenvalue weighted by Crippen LogP contribution is 2.45. The van der Waals surface area contributed by atoms with Gasteiger partial charge >= 0.3 is 5.97 Å². The molecule has 0 spiro atoms. The third-order valence-electron chi connectivity index (χ3n) is 2.03. The van der Waals surface area contributed by atoms with Gasteiger partial charge in [-0.3, -0.25) is 0 Å². The van der Waals surface area contributed by atoms with E-state index in [1.165, 1.54) is 11.3 Å². The molecule has 0 unspecified atom stereocenters. The molecule has 2 nitrogen and oxygen atoms in total. The molecule has 0 amide bonds. The van der Waals surface area contributed by atoms with Gasteiger partial charge in [0.25, 0.3) is 0 Å². The molecule has 7 heteroatoms. The number of fused-ring (bicyclic) bond motifs is 1. The SMILES string of the molecule is CCCOC(=O)c1sc2c(Br)sc(Br)c2c1F. The molecule has 2 rings (SSSR count). The molecule has 0 aliphatic carbocycles. The normalized spacial score (nSPS) is 11.1. The van der Waals surface area contributed by atoms with Gasteiger partial charge in [0.05, 0.1) is 24.3 Å². The van der Waals surface area contributed by atoms with Gasteiger partial charge < -0.3 is 4.74 Å². The zero-order valence-corrected chi connectivity index (χ0v) is 13.5. The van der Waals surface area contributed by atoms with Crippen LogP contribution in [0.1, 0.15) is 23.0 Å². The molecule has 0 saturated heterocycles. The average molecular weight is 402 g/mol. The fraction of sp³-hybridized carbons (Fsp3) is 0.300. The summed E-state index contributed by atoms with van der Waals surface area (Å²) in [6, 6.07) is 0. The van der Waals surface area contributed by atoms with Gasteiger partial charge in [0.1, 0.15) is 4.88 Å². The highest BCUT2D eigenvalue weighted by Gasteiger charge is 2.24. The fourth-order valence-electron chi connectivity index (χ4n) is 1.29. The Morgan fingerprint density at radius 2 is 2.06 bits per heavy atom. The number of hydrogen-bond donors (Lipinski definition) is 0. The monoisotopic (exact) mass is 400 g/mol. The number of ether oxygens (including phenoxy) is 1. The van der Waals surface area contributed by atoms with Crippen LogP contribution in [0.4, 0.5) is 4.39 Å². The van der Waals surface area contributed by atoms with Gasteiger partial charge in [0, 0.05) is 0 Å². The van der Waals surface area contributed by atoms with Crippen molar-refractivity contribution in [3.05, 3.63) is 18.3 Å². The Morgan fingerprint density at radius 3 is 2.65 bits per heavy atom. The number of esters is 1. The van der Waals surface area contributed by atoms with Gasteiger partial charge in [-0.05, 0) is 38.3 Å². The van der Waals surface area contributed by atoms with Gasteiger partial charge in [-0.15, -0.1) is 22.7 Å². The Morgan fingerprint density at radius 1 is 1.35 bits per heavy atom. The van der Waals surface area contributed by atoms with Crippen LogP contribution in [0.15, 0.2) is 7.57 Å². The minimum Gasteiger partial charge on any atom is -0.461 e. The number of carbonyl (C=O) groups excluding carboxylic acids is 1. The first-order valence-electron chi connectivity index (χ1n) is 4.79. The van der Waals surface area contributed by atoms with E-state index in [9.17, 15) is 9.18 Å². The summed E-state index contributed by atoms with van der Waals surface area (Å²) in [4.78, 5) is 11.7. The highest BCUT2D eigenvalue weighted by molar-refractivity contribution is 9.12. The summed E-state index contributed by atoms with van der Waals surface area (Å²) in [5.41, 5.74) is 0. The van der Waals surface area contributed by atoms with Crippen LogP contribution in [0.2, 0.25) is 0 Å². The molecule has 0 fully saturated rings. The van der Waals surface area contributed by atoms with Gasteiger partial charge in [0.15, 0.2) is 5.82 Å². The van der Waals surface area contributed by atoms with E-state index in [0.717, 1.165) is 26.2 Å². The van der Waals surface area contributed by atoms with Crippen molar-refractivity contribution in [2.24, 2.45) is 0 Å². The Balaban J connectivity index is 2.46. The van der Waals surface area contributed by atoms with Crippen molar-refractivity contribution in [2.45, 2.75) is 13.3 Å². The average Bonchev–Trinajstić information content (AvgIpc) is 2.76. The van der Waals surface area contributed by atoms with Crippen molar-refractivity contribution < 1.29 is 13.9 Å². The van der Waals surface area contributed by atoms with Crippen LogP contribution < -0.4 is 0 Å². The molecule has 0 saturated carbocycles.